The van der Waals surface area contributed by atoms with Crippen LogP contribution in [-0.4, -0.2) is 28.9 Å². The lowest BCUT2D eigenvalue weighted by molar-refractivity contribution is -0.632. The Kier molecular flexibility index (Phi) is 4.42. The van der Waals surface area contributed by atoms with Gasteiger partial charge in [0.25, 0.3) is 0 Å². The Bertz CT molecular complexity index is 906. The number of imidazole rings is 1. The van der Waals surface area contributed by atoms with Crippen LogP contribution in [-0.2, 0) is 14.1 Å². The maximum Gasteiger partial charge on any atom is 0.422 e. The first kappa shape index (κ1) is 16.7. The van der Waals surface area contributed by atoms with Gasteiger partial charge in [0.2, 0.25) is 0 Å². The predicted octanol–water partition coefficient (Wildman–Crippen LogP) is 3.38. The minimum Gasteiger partial charge on any atom is -0.394 e. The number of hydrogen-bond acceptors (Lipinski definition) is 4. The van der Waals surface area contributed by atoms with E-state index in [1.807, 2.05) is 47.5 Å². The Morgan fingerprint density at radius 3 is 2.62 bits per heavy atom. The topological polar surface area (TPSA) is 57.0 Å². The summed E-state index contributed by atoms with van der Waals surface area (Å²) in [5.74, 6) is 0.801. The summed E-state index contributed by atoms with van der Waals surface area (Å²) < 4.78 is 4.09. The van der Waals surface area contributed by atoms with Crippen molar-refractivity contribution in [3.05, 3.63) is 48.5 Å². The Labute approximate surface area is 153 Å². The highest BCUT2D eigenvalue weighted by atomic mass is 16.3. The van der Waals surface area contributed by atoms with E-state index >= 15 is 0 Å². The normalized spacial score (nSPS) is 17.7. The molecular formula is C20H24N5O+. The molecule has 134 valence electrons. The zero-order valence-corrected chi connectivity index (χ0v) is 15.2. The Hall–Kier alpha value is -2.73. The van der Waals surface area contributed by atoms with Crippen LogP contribution >= 0.6 is 0 Å². The van der Waals surface area contributed by atoms with Gasteiger partial charge in [0, 0.05) is 17.3 Å². The van der Waals surface area contributed by atoms with Gasteiger partial charge in [0.15, 0.2) is 0 Å². The zero-order chi connectivity index (χ0) is 18.1. The van der Waals surface area contributed by atoms with Gasteiger partial charge in [-0.25, -0.2) is 9.13 Å². The van der Waals surface area contributed by atoms with Crippen molar-refractivity contribution >= 4 is 28.4 Å². The van der Waals surface area contributed by atoms with Crippen LogP contribution in [0.3, 0.4) is 0 Å². The standard InChI is InChI=1S/C20H24N5O/c1-23-18-7-3-4-8-19(18)24(2)20(23)22-21-15-9-11-16(12-10-15)25-13-5-6-17(25)14-26/h3-4,7-12,17,26H,5-6,13-14H2,1-2H3/q+1. The minimum atomic E-state index is 0.207. The number of aliphatic hydroxyl groups is 1. The van der Waals surface area contributed by atoms with E-state index in [0.29, 0.717) is 0 Å². The quantitative estimate of drug-likeness (QED) is 0.579. The van der Waals surface area contributed by atoms with Crippen molar-refractivity contribution in [1.29, 1.82) is 0 Å². The molecule has 3 aromatic rings. The monoisotopic (exact) mass is 350 g/mol. The van der Waals surface area contributed by atoms with Crippen LogP contribution in [0.2, 0.25) is 0 Å². The van der Waals surface area contributed by atoms with Gasteiger partial charge in [-0.3, -0.25) is 0 Å². The number of aryl methyl sites for hydroxylation is 2. The number of para-hydroxylation sites is 2. The summed E-state index contributed by atoms with van der Waals surface area (Å²) in [4.78, 5) is 2.27. The molecule has 0 aliphatic carbocycles. The molecule has 4 rings (SSSR count). The highest BCUT2D eigenvalue weighted by molar-refractivity contribution is 5.73. The molecule has 1 saturated heterocycles. The molecule has 1 fully saturated rings. The molecular weight excluding hydrogens is 326 g/mol. The molecule has 0 saturated carbocycles. The molecule has 2 heterocycles. The number of anilines is 1. The van der Waals surface area contributed by atoms with Crippen molar-refractivity contribution in [2.45, 2.75) is 18.9 Å². The van der Waals surface area contributed by atoms with Gasteiger partial charge in [-0.1, -0.05) is 17.2 Å². The lowest BCUT2D eigenvalue weighted by atomic mass is 10.2. The second-order valence-corrected chi connectivity index (χ2v) is 6.80. The summed E-state index contributed by atoms with van der Waals surface area (Å²) in [6.07, 6.45) is 2.18. The van der Waals surface area contributed by atoms with E-state index in [4.69, 9.17) is 0 Å². The first-order valence-corrected chi connectivity index (χ1v) is 9.02. The number of aliphatic hydroxyl groups excluding tert-OH is 1. The molecule has 0 amide bonds. The maximum absolute atomic E-state index is 9.49. The number of azo groups is 1. The fourth-order valence-corrected chi connectivity index (χ4v) is 3.78. The summed E-state index contributed by atoms with van der Waals surface area (Å²) >= 11 is 0. The second kappa shape index (κ2) is 6.88. The highest BCUT2D eigenvalue weighted by Gasteiger charge is 2.24. The number of fused-ring (bicyclic) bond motifs is 1. The van der Waals surface area contributed by atoms with Crippen molar-refractivity contribution in [1.82, 2.24) is 4.57 Å². The fraction of sp³-hybridized carbons (Fsp3) is 0.350. The average Bonchev–Trinajstić information content (AvgIpc) is 3.25. The SMILES string of the molecule is Cn1c(/N=N/c2ccc(N3CCCC3CO)cc2)[n+](C)c2ccccc21. The largest absolute Gasteiger partial charge is 0.422 e. The Balaban J connectivity index is 1.58. The molecule has 2 aromatic carbocycles. The molecule has 1 aliphatic rings. The molecule has 0 radical (unpaired) electrons. The van der Waals surface area contributed by atoms with Gasteiger partial charge in [-0.05, 0) is 49.2 Å². The molecule has 1 N–H and O–H groups in total. The van der Waals surface area contributed by atoms with Crippen molar-refractivity contribution in [2.24, 2.45) is 24.3 Å². The number of aromatic nitrogens is 2. The molecule has 0 bridgehead atoms. The van der Waals surface area contributed by atoms with Gasteiger partial charge < -0.3 is 10.0 Å². The van der Waals surface area contributed by atoms with E-state index < -0.39 is 0 Å². The van der Waals surface area contributed by atoms with E-state index in [0.717, 1.165) is 47.7 Å². The van der Waals surface area contributed by atoms with Crippen LogP contribution in [0, 0.1) is 0 Å². The van der Waals surface area contributed by atoms with Crippen LogP contribution < -0.4 is 9.47 Å². The third kappa shape index (κ3) is 2.86. The Morgan fingerprint density at radius 1 is 1.12 bits per heavy atom. The number of rotatable bonds is 4. The summed E-state index contributed by atoms with van der Waals surface area (Å²) in [5, 5.41) is 18.4. The van der Waals surface area contributed by atoms with Crippen molar-refractivity contribution < 1.29 is 9.67 Å². The van der Waals surface area contributed by atoms with E-state index in [1.165, 1.54) is 0 Å². The zero-order valence-electron chi connectivity index (χ0n) is 15.2. The van der Waals surface area contributed by atoms with E-state index in [1.54, 1.807) is 0 Å². The third-order valence-corrected chi connectivity index (χ3v) is 5.23. The van der Waals surface area contributed by atoms with Crippen LogP contribution in [0.1, 0.15) is 12.8 Å². The van der Waals surface area contributed by atoms with Gasteiger partial charge >= 0.3 is 5.95 Å². The molecule has 1 aliphatic heterocycles. The third-order valence-electron chi connectivity index (χ3n) is 5.23. The van der Waals surface area contributed by atoms with E-state index in [9.17, 15) is 5.11 Å². The van der Waals surface area contributed by atoms with Gasteiger partial charge in [0.1, 0.15) is 16.7 Å². The summed E-state index contributed by atoms with van der Waals surface area (Å²) in [7, 11) is 4.00. The van der Waals surface area contributed by atoms with Gasteiger partial charge in [-0.15, -0.1) is 0 Å². The molecule has 1 atom stereocenters. The summed E-state index contributed by atoms with van der Waals surface area (Å²) in [6, 6.07) is 16.5. The number of benzene rings is 2. The smallest absolute Gasteiger partial charge is 0.394 e. The minimum absolute atomic E-state index is 0.207. The molecule has 0 spiro atoms. The van der Waals surface area contributed by atoms with Gasteiger partial charge in [0.05, 0.1) is 26.7 Å². The molecule has 26 heavy (non-hydrogen) atoms. The first-order chi connectivity index (χ1) is 12.7. The fourth-order valence-electron chi connectivity index (χ4n) is 3.78. The van der Waals surface area contributed by atoms with Crippen molar-refractivity contribution in [3.8, 4) is 0 Å². The van der Waals surface area contributed by atoms with E-state index in [2.05, 4.69) is 39.4 Å². The van der Waals surface area contributed by atoms with Crippen LogP contribution in [0.5, 0.6) is 0 Å². The van der Waals surface area contributed by atoms with Crippen molar-refractivity contribution in [3.63, 3.8) is 0 Å². The second-order valence-electron chi connectivity index (χ2n) is 6.80. The summed E-state index contributed by atoms with van der Waals surface area (Å²) in [6.45, 7) is 1.21. The average molecular weight is 350 g/mol. The van der Waals surface area contributed by atoms with Crippen LogP contribution in [0.4, 0.5) is 17.3 Å². The first-order valence-electron chi connectivity index (χ1n) is 9.02. The lowest BCUT2D eigenvalue weighted by Crippen LogP contribution is -2.31. The molecule has 1 aromatic heterocycles. The molecule has 1 unspecified atom stereocenters. The predicted molar refractivity (Wildman–Crippen MR) is 102 cm³/mol. The van der Waals surface area contributed by atoms with Crippen LogP contribution in [0.15, 0.2) is 58.8 Å². The van der Waals surface area contributed by atoms with Gasteiger partial charge in [-0.2, -0.15) is 0 Å². The maximum atomic E-state index is 9.49. The highest BCUT2D eigenvalue weighted by Crippen LogP contribution is 2.28. The molecule has 6 heteroatoms. The molecule has 6 nitrogen and oxygen atoms in total. The van der Waals surface area contributed by atoms with Crippen molar-refractivity contribution in [2.75, 3.05) is 18.1 Å². The lowest BCUT2D eigenvalue weighted by Gasteiger charge is -2.25. The number of hydrogen-bond donors (Lipinski definition) is 1. The van der Waals surface area contributed by atoms with Crippen LogP contribution in [0.25, 0.3) is 11.0 Å². The number of nitrogens with zero attached hydrogens (tertiary/aromatic N) is 5. The summed E-state index contributed by atoms with van der Waals surface area (Å²) in [5.41, 5.74) is 4.21. The van der Waals surface area contributed by atoms with E-state index in [-0.39, 0.29) is 12.6 Å². The Morgan fingerprint density at radius 2 is 1.88 bits per heavy atom.